The molecule has 1 atom stereocenters. The van der Waals surface area contributed by atoms with Gasteiger partial charge in [-0.05, 0) is 38.8 Å². The molecular weight excluding hydrogens is 262 g/mol. The number of carboxylic acids is 1. The first-order valence-corrected chi connectivity index (χ1v) is 7.08. The van der Waals surface area contributed by atoms with E-state index in [1.54, 1.807) is 6.92 Å². The molecule has 0 spiro atoms. The van der Waals surface area contributed by atoms with Crippen LogP contribution in [0.4, 0.5) is 5.69 Å². The van der Waals surface area contributed by atoms with E-state index in [1.165, 1.54) is 0 Å². The van der Waals surface area contributed by atoms with E-state index in [9.17, 15) is 9.59 Å². The van der Waals surface area contributed by atoms with Gasteiger partial charge in [-0.1, -0.05) is 17.7 Å². The Bertz CT molecular complexity index is 476. The zero-order chi connectivity index (χ0) is 14.6. The SMILES string of the molecule is Cc1cc(C)c(NC(=O)CSC(C)C(=O)O)c(C)c1. The van der Waals surface area contributed by atoms with Crippen LogP contribution in [0.2, 0.25) is 0 Å². The first-order valence-electron chi connectivity index (χ1n) is 6.03. The number of carboxylic acid groups (broad SMARTS) is 1. The van der Waals surface area contributed by atoms with Crippen molar-refractivity contribution in [2.24, 2.45) is 0 Å². The molecule has 0 aliphatic carbocycles. The summed E-state index contributed by atoms with van der Waals surface area (Å²) < 4.78 is 0. The number of carbonyl (C=O) groups is 2. The van der Waals surface area contributed by atoms with Crippen molar-refractivity contribution in [2.75, 3.05) is 11.1 Å². The third-order valence-corrected chi connectivity index (χ3v) is 3.88. The van der Waals surface area contributed by atoms with Crippen LogP contribution in [-0.2, 0) is 9.59 Å². The van der Waals surface area contributed by atoms with Crippen molar-refractivity contribution in [3.05, 3.63) is 28.8 Å². The minimum Gasteiger partial charge on any atom is -0.480 e. The molecule has 0 aliphatic heterocycles. The Labute approximate surface area is 117 Å². The molecule has 0 saturated carbocycles. The van der Waals surface area contributed by atoms with Crippen molar-refractivity contribution in [3.8, 4) is 0 Å². The monoisotopic (exact) mass is 281 g/mol. The van der Waals surface area contributed by atoms with Gasteiger partial charge in [-0.2, -0.15) is 0 Å². The summed E-state index contributed by atoms with van der Waals surface area (Å²) in [6.07, 6.45) is 0. The Kier molecular flexibility index (Phi) is 5.42. The van der Waals surface area contributed by atoms with Crippen molar-refractivity contribution in [1.82, 2.24) is 0 Å². The first kappa shape index (κ1) is 15.6. The standard InChI is InChI=1S/C14H19NO3S/c1-8-5-9(2)13(10(3)6-8)15-12(16)7-19-11(4)14(17)18/h5-6,11H,7H2,1-4H3,(H,15,16)(H,17,18). The highest BCUT2D eigenvalue weighted by molar-refractivity contribution is 8.01. The average molecular weight is 281 g/mol. The predicted octanol–water partition coefficient (Wildman–Crippen LogP) is 2.76. The average Bonchev–Trinajstić information content (AvgIpc) is 2.30. The van der Waals surface area contributed by atoms with Gasteiger partial charge >= 0.3 is 5.97 Å². The van der Waals surface area contributed by atoms with Crippen LogP contribution in [0.3, 0.4) is 0 Å². The molecule has 0 aliphatic rings. The van der Waals surface area contributed by atoms with E-state index in [0.717, 1.165) is 34.1 Å². The van der Waals surface area contributed by atoms with Gasteiger partial charge in [0, 0.05) is 5.69 Å². The lowest BCUT2D eigenvalue weighted by atomic mass is 10.1. The minimum atomic E-state index is -0.902. The number of aliphatic carboxylic acids is 1. The lowest BCUT2D eigenvalue weighted by molar-refractivity contribution is -0.136. The number of nitrogens with one attached hydrogen (secondary N) is 1. The summed E-state index contributed by atoms with van der Waals surface area (Å²) in [7, 11) is 0. The van der Waals surface area contributed by atoms with Crippen molar-refractivity contribution in [2.45, 2.75) is 32.9 Å². The molecular formula is C14H19NO3S. The fourth-order valence-electron chi connectivity index (χ4n) is 1.82. The van der Waals surface area contributed by atoms with Crippen LogP contribution in [0, 0.1) is 20.8 Å². The van der Waals surface area contributed by atoms with E-state index in [-0.39, 0.29) is 11.7 Å². The second kappa shape index (κ2) is 6.61. The van der Waals surface area contributed by atoms with Crippen molar-refractivity contribution >= 4 is 29.3 Å². The molecule has 1 rings (SSSR count). The molecule has 0 radical (unpaired) electrons. The van der Waals surface area contributed by atoms with Gasteiger partial charge in [0.15, 0.2) is 0 Å². The van der Waals surface area contributed by atoms with Gasteiger partial charge in [0.25, 0.3) is 0 Å². The lowest BCUT2D eigenvalue weighted by Crippen LogP contribution is -2.20. The van der Waals surface area contributed by atoms with E-state index >= 15 is 0 Å². The molecule has 4 nitrogen and oxygen atoms in total. The lowest BCUT2D eigenvalue weighted by Gasteiger charge is -2.13. The zero-order valence-electron chi connectivity index (χ0n) is 11.6. The molecule has 2 N–H and O–H groups in total. The van der Waals surface area contributed by atoms with Crippen LogP contribution < -0.4 is 5.32 Å². The van der Waals surface area contributed by atoms with Crippen LogP contribution in [0.1, 0.15) is 23.6 Å². The number of hydrogen-bond acceptors (Lipinski definition) is 3. The summed E-state index contributed by atoms with van der Waals surface area (Å²) in [4.78, 5) is 22.5. The number of anilines is 1. The summed E-state index contributed by atoms with van der Waals surface area (Å²) in [6, 6.07) is 4.02. The highest BCUT2D eigenvalue weighted by atomic mass is 32.2. The molecule has 19 heavy (non-hydrogen) atoms. The first-order chi connectivity index (χ1) is 8.81. The molecule has 0 aromatic heterocycles. The smallest absolute Gasteiger partial charge is 0.316 e. The van der Waals surface area contributed by atoms with Crippen LogP contribution in [0.15, 0.2) is 12.1 Å². The van der Waals surface area contributed by atoms with Gasteiger partial charge in [-0.3, -0.25) is 9.59 Å². The summed E-state index contributed by atoms with van der Waals surface area (Å²) in [5, 5.41) is 11.0. The maximum atomic E-state index is 11.8. The maximum Gasteiger partial charge on any atom is 0.316 e. The second-order valence-electron chi connectivity index (χ2n) is 4.61. The topological polar surface area (TPSA) is 66.4 Å². The van der Waals surface area contributed by atoms with Gasteiger partial charge in [0.05, 0.1) is 11.0 Å². The van der Waals surface area contributed by atoms with Gasteiger partial charge in [-0.25, -0.2) is 0 Å². The predicted molar refractivity (Wildman–Crippen MR) is 78.8 cm³/mol. The second-order valence-corrected chi connectivity index (χ2v) is 5.94. The fourth-order valence-corrected chi connectivity index (χ4v) is 2.44. The summed E-state index contributed by atoms with van der Waals surface area (Å²) in [5.41, 5.74) is 4.00. The molecule has 0 fully saturated rings. The van der Waals surface area contributed by atoms with Crippen molar-refractivity contribution in [1.29, 1.82) is 0 Å². The Hall–Kier alpha value is -1.49. The highest BCUT2D eigenvalue weighted by Gasteiger charge is 2.14. The Morgan fingerprint density at radius 1 is 1.26 bits per heavy atom. The van der Waals surface area contributed by atoms with E-state index in [4.69, 9.17) is 5.11 Å². The maximum absolute atomic E-state index is 11.8. The number of thioether (sulfide) groups is 1. The molecule has 1 aromatic rings. The highest BCUT2D eigenvalue weighted by Crippen LogP contribution is 2.22. The number of aryl methyl sites for hydroxylation is 3. The van der Waals surface area contributed by atoms with Crippen molar-refractivity contribution < 1.29 is 14.7 Å². The number of benzene rings is 1. The van der Waals surface area contributed by atoms with Gasteiger partial charge in [-0.15, -0.1) is 11.8 Å². The quantitative estimate of drug-likeness (QED) is 0.871. The largest absolute Gasteiger partial charge is 0.480 e. The Morgan fingerprint density at radius 3 is 2.26 bits per heavy atom. The molecule has 104 valence electrons. The molecule has 1 aromatic carbocycles. The normalized spacial score (nSPS) is 12.0. The van der Waals surface area contributed by atoms with Crippen LogP contribution >= 0.6 is 11.8 Å². The molecule has 1 unspecified atom stereocenters. The number of rotatable bonds is 5. The third kappa shape index (κ3) is 4.59. The minimum absolute atomic E-state index is 0.139. The summed E-state index contributed by atoms with van der Waals surface area (Å²) >= 11 is 1.12. The molecule has 5 heteroatoms. The Morgan fingerprint density at radius 2 is 1.79 bits per heavy atom. The van der Waals surface area contributed by atoms with Crippen LogP contribution in [0.25, 0.3) is 0 Å². The number of amides is 1. The van der Waals surface area contributed by atoms with Crippen LogP contribution in [-0.4, -0.2) is 28.0 Å². The third-order valence-electron chi connectivity index (χ3n) is 2.75. The van der Waals surface area contributed by atoms with Crippen molar-refractivity contribution in [3.63, 3.8) is 0 Å². The summed E-state index contributed by atoms with van der Waals surface area (Å²) in [6.45, 7) is 7.48. The number of hydrogen-bond donors (Lipinski definition) is 2. The molecule has 0 bridgehead atoms. The summed E-state index contributed by atoms with van der Waals surface area (Å²) in [5.74, 6) is -0.936. The van der Waals surface area contributed by atoms with E-state index in [2.05, 4.69) is 5.32 Å². The van der Waals surface area contributed by atoms with Gasteiger partial charge in [0.2, 0.25) is 5.91 Å². The Balaban J connectivity index is 2.65. The van der Waals surface area contributed by atoms with E-state index < -0.39 is 11.2 Å². The fraction of sp³-hybridized carbons (Fsp3) is 0.429. The van der Waals surface area contributed by atoms with Crippen LogP contribution in [0.5, 0.6) is 0 Å². The van der Waals surface area contributed by atoms with Gasteiger partial charge < -0.3 is 10.4 Å². The molecule has 0 heterocycles. The molecule has 0 saturated heterocycles. The number of carbonyl (C=O) groups excluding carboxylic acids is 1. The van der Waals surface area contributed by atoms with Gasteiger partial charge in [0.1, 0.15) is 0 Å². The van der Waals surface area contributed by atoms with E-state index in [1.807, 2.05) is 32.9 Å². The zero-order valence-corrected chi connectivity index (χ0v) is 12.4. The molecule has 1 amide bonds. The van der Waals surface area contributed by atoms with E-state index in [0.29, 0.717) is 0 Å².